The number of hydrogen-bond acceptors (Lipinski definition) is 28. The molecule has 19 atom stereocenters. The van der Waals surface area contributed by atoms with Gasteiger partial charge in [0.25, 0.3) is 52.1 Å². The Labute approximate surface area is 846 Å². The third-order valence-electron chi connectivity index (χ3n) is 30.5. The number of para-hydroxylation sites is 4. The van der Waals surface area contributed by atoms with Gasteiger partial charge in [-0.25, -0.2) is 30.2 Å². The van der Waals surface area contributed by atoms with Gasteiger partial charge >= 0.3 is 5.97 Å². The van der Waals surface area contributed by atoms with E-state index in [-0.39, 0.29) is 185 Å². The van der Waals surface area contributed by atoms with Crippen molar-refractivity contribution in [2.45, 2.75) is 286 Å². The van der Waals surface area contributed by atoms with Crippen molar-refractivity contribution >= 4 is 126 Å². The quantitative estimate of drug-likeness (QED) is 0.00202. The lowest BCUT2D eigenvalue weighted by Crippen LogP contribution is -2.67. The largest absolute Gasteiger partial charge is 0.458 e. The Hall–Kier alpha value is -9.99. The number of unbranched alkanes of at least 4 members (excludes halogenated alkanes) is 2. The molecule has 0 bridgehead atoms. The normalized spacial score (nSPS) is 26.6. The molecule has 5 heterocycles. The molecule has 6 aromatic carbocycles. The number of pyridine rings is 2. The van der Waals surface area contributed by atoms with Crippen molar-refractivity contribution in [1.29, 1.82) is 0 Å². The van der Waals surface area contributed by atoms with Crippen molar-refractivity contribution in [3.05, 3.63) is 179 Å². The molecule has 0 radical (unpaired) electrons. The van der Waals surface area contributed by atoms with Gasteiger partial charge in [-0.15, -0.1) is 0 Å². The van der Waals surface area contributed by atoms with Crippen LogP contribution in [0, 0.1) is 48.3 Å². The van der Waals surface area contributed by atoms with Crippen molar-refractivity contribution in [3.63, 3.8) is 0 Å². The summed E-state index contributed by atoms with van der Waals surface area (Å²) in [7, 11) is -17.6. The molecule has 8 aromatic rings. The van der Waals surface area contributed by atoms with Crippen molar-refractivity contribution in [2.24, 2.45) is 44.8 Å². The Bertz CT molecular complexity index is 6420. The molecule has 15 rings (SSSR count). The number of carbonyl (C=O) groups is 5. The lowest BCUT2D eigenvalue weighted by molar-refractivity contribution is -0.645. The van der Waals surface area contributed by atoms with Gasteiger partial charge in [0.2, 0.25) is 33.9 Å². The summed E-state index contributed by atoms with van der Waals surface area (Å²) in [4.78, 5) is 80.5. The predicted molar refractivity (Wildman–Crippen MR) is 537 cm³/mol. The van der Waals surface area contributed by atoms with Crippen LogP contribution in [0.15, 0.2) is 177 Å². The van der Waals surface area contributed by atoms with E-state index in [9.17, 15) is 77.6 Å². The first-order valence-corrected chi connectivity index (χ1v) is 56.5. The number of rotatable bonds is 46. The van der Waals surface area contributed by atoms with Gasteiger partial charge in [0.1, 0.15) is 32.0 Å². The summed E-state index contributed by atoms with van der Waals surface area (Å²) in [5.74, 6) is -3.63. The Morgan fingerprint density at radius 3 is 1.50 bits per heavy atom. The smallest absolute Gasteiger partial charge is 0.331 e. The van der Waals surface area contributed by atoms with Gasteiger partial charge in [-0.1, -0.05) is 108 Å². The minimum Gasteiger partial charge on any atom is -0.458 e. The lowest BCUT2D eigenvalue weighted by Gasteiger charge is -2.65. The number of aryl methyl sites for hydroxylation is 4. The summed E-state index contributed by atoms with van der Waals surface area (Å²) in [6.07, 6.45) is 1.65. The van der Waals surface area contributed by atoms with E-state index >= 15 is 9.59 Å². The topological polar surface area (TPSA) is 489 Å². The van der Waals surface area contributed by atoms with Crippen LogP contribution in [0.1, 0.15) is 201 Å². The van der Waals surface area contributed by atoms with Gasteiger partial charge in [-0.2, -0.15) is 26.0 Å². The number of sulfonamides is 2. The highest BCUT2D eigenvalue weighted by Crippen LogP contribution is 2.70. The van der Waals surface area contributed by atoms with E-state index in [1.807, 2.05) is 16.1 Å². The first-order chi connectivity index (χ1) is 69.1. The Kier molecular flexibility index (Phi) is 35.6. The van der Waals surface area contributed by atoms with E-state index in [0.29, 0.717) is 88.6 Å². The maximum absolute atomic E-state index is 15.2. The third-order valence-corrected chi connectivity index (χ3v) is 35.7. The number of benzene rings is 6. The Balaban J connectivity index is 0.535. The number of aliphatic hydroxyl groups is 4. The number of esters is 1. The van der Waals surface area contributed by atoms with Crippen LogP contribution in [0.5, 0.6) is 0 Å². The zero-order chi connectivity index (χ0) is 104. The fraction of sp³-hybridized carbons (Fsp3) is 0.552. The van der Waals surface area contributed by atoms with E-state index in [4.69, 9.17) is 42.8 Å². The fourth-order valence-corrected chi connectivity index (χ4v) is 26.9. The molecular weight excluding hydrogens is 1950 g/mol. The van der Waals surface area contributed by atoms with E-state index in [2.05, 4.69) is 27.9 Å². The second-order valence-electron chi connectivity index (χ2n) is 40.1. The van der Waals surface area contributed by atoms with Gasteiger partial charge in [0.05, 0.1) is 109 Å². The van der Waals surface area contributed by atoms with Crippen LogP contribution in [0.4, 0.5) is 0 Å². The zero-order valence-electron chi connectivity index (χ0n) is 82.9. The molecule has 4 amide bonds. The van der Waals surface area contributed by atoms with Crippen molar-refractivity contribution in [3.8, 4) is 0 Å². The number of carbonyl (C=O) groups excluding carboxylic acids is 5. The molecule has 4 saturated carbocycles. The standard InChI is InChI=1S/C105H134N8O28S4/c1-67-34-39-75(40-35-67)144(129,130)112(101(120)97-77-24-8-12-28-84(77)110(52-22-58-142(123,124)125)85-29-13-9-25-78(85)97)54-20-32-91(117)106-49-16-18-56-134-108-51-46-94(140-99-70(4)138-96(64-89(99)115)141-100-71(5)137-95(63-88(100)114)139-74-44-47-103(6)73(61-74)38-43-82-83(103)62-90(116)104(7)81(45-48-105(82,104)122)72-60-93(119)133-66-72)136-69(3)65-109-135-57-19-17-50-107-92(118)33-21-55-113(145(131,132)76-41-36-68(2)37-42-76)102(121)98-79-26-10-14-30-86(79)111(53-23-59-143(126,127)128)87-31-15-11-27-80(87)98/h8-15,24-31,34-37,39-42,51,60,65,69-71,73-74,81-83,88-90,94-96,99-100,114-116,122H,16-23,32-33,38,43-50,52-59,61-64,66H2,1-7H3,(H2-2,106,107,117,118,123,124,125,126,127,128)/p+2/b108-51+,109-65+/t69-,70-,71-,73-,74+,81-,82-,83+,88+,89+,90-,94+,95+,96+,99-,100-,103+,104+,105+/m1/s1. The molecule has 40 heteroatoms. The monoisotopic (exact) mass is 2080 g/mol. The van der Waals surface area contributed by atoms with Crippen LogP contribution in [-0.2, 0) is 111 Å². The van der Waals surface area contributed by atoms with Crippen molar-refractivity contribution in [1.82, 2.24) is 19.2 Å². The zero-order valence-corrected chi connectivity index (χ0v) is 86.2. The minimum atomic E-state index is -4.53. The van der Waals surface area contributed by atoms with E-state index in [1.165, 1.54) is 36.7 Å². The van der Waals surface area contributed by atoms with Gasteiger partial charge in [-0.3, -0.25) is 28.3 Å². The SMILES string of the molecule is Cc1ccc(S(=O)(=O)N(CCCC(=O)NCCCCO/N=C/C[C@H](O[C@H]2[C@@H](O)C[C@H](O[C@H]3[C@@H](O)C[C@H](O[C@H]4CC[C@@]5(C)[C@H](CC[C@@H]6[C@@H]5C[C@@H](O)[C@]5(C)[C@@H](C7=CC(=O)OC7)CC[C@]65O)C4)O[C@@H]3C)O[C@@H]2C)O[C@H](C)/C=N/OCCCCNC(=O)CCCN(C(=O)c2c3ccccc3[n+](CCCS(=O)(=O)O)c3ccccc23)S(=O)(=O)c2ccc(C)cc2)C(=O)c2c3ccccc3[n+](CCCS(=O)(=O)O)c3ccccc23)cc1. The molecule has 4 aliphatic carbocycles. The molecule has 8 N–H and O–H groups in total. The average molecular weight is 2090 g/mol. The van der Waals surface area contributed by atoms with Crippen LogP contribution >= 0.6 is 0 Å². The van der Waals surface area contributed by atoms with Gasteiger partial charge in [0, 0.05) is 113 Å². The molecule has 7 aliphatic rings. The summed E-state index contributed by atoms with van der Waals surface area (Å²) in [6.45, 7) is 13.6. The number of fused-ring (bicyclic) bond motifs is 9. The number of oxime groups is 2. The molecule has 36 nitrogen and oxygen atoms in total. The highest BCUT2D eigenvalue weighted by molar-refractivity contribution is 7.90. The second-order valence-corrected chi connectivity index (χ2v) is 46.9. The highest BCUT2D eigenvalue weighted by Gasteiger charge is 2.71. The number of ether oxygens (including phenoxy) is 7. The van der Waals surface area contributed by atoms with E-state index in [0.717, 1.165) is 57.4 Å². The van der Waals surface area contributed by atoms with E-state index < -0.39 is 148 Å². The van der Waals surface area contributed by atoms with Gasteiger partial charge in [-0.05, 0) is 208 Å². The molecule has 2 saturated heterocycles. The van der Waals surface area contributed by atoms with Crippen LogP contribution in [0.25, 0.3) is 43.6 Å². The first-order valence-electron chi connectivity index (χ1n) is 50.4. The summed E-state index contributed by atoms with van der Waals surface area (Å²) in [5.41, 5.74) is 2.66. The van der Waals surface area contributed by atoms with Crippen LogP contribution in [-0.4, -0.2) is 251 Å². The predicted octanol–water partition coefficient (Wildman–Crippen LogP) is 11.3. The molecule has 0 unspecified atom stereocenters. The van der Waals surface area contributed by atoms with Crippen LogP contribution in [0.2, 0.25) is 0 Å². The van der Waals surface area contributed by atoms with Crippen molar-refractivity contribution < 1.29 is 139 Å². The fourth-order valence-electron chi connectivity index (χ4n) is 23.0. The summed E-state index contributed by atoms with van der Waals surface area (Å²) in [6, 6.07) is 39.7. The summed E-state index contributed by atoms with van der Waals surface area (Å²) in [5, 5.41) is 64.4. The molecule has 145 heavy (non-hydrogen) atoms. The molecule has 0 spiro atoms. The number of aliphatic hydroxyl groups excluding tert-OH is 3. The molecule has 2 aromatic heterocycles. The summed E-state index contributed by atoms with van der Waals surface area (Å²) < 4.78 is 174. The van der Waals surface area contributed by atoms with Gasteiger partial charge < -0.3 is 73.9 Å². The maximum Gasteiger partial charge on any atom is 0.331 e. The number of nitrogens with one attached hydrogen (secondary N) is 2. The molecular formula is C105H136N8O28S4+2. The maximum atomic E-state index is 15.2. The number of aromatic nitrogens is 2. The van der Waals surface area contributed by atoms with Crippen LogP contribution < -0.4 is 19.8 Å². The number of cyclic esters (lactones) is 1. The van der Waals surface area contributed by atoms with Crippen molar-refractivity contribution in [2.75, 3.05) is 57.5 Å². The summed E-state index contributed by atoms with van der Waals surface area (Å²) >= 11 is 0. The Morgan fingerprint density at radius 2 is 1.03 bits per heavy atom. The number of hydrogen-bond donors (Lipinski definition) is 8. The van der Waals surface area contributed by atoms with E-state index in [1.54, 1.807) is 162 Å². The van der Waals surface area contributed by atoms with Gasteiger partial charge in [0.15, 0.2) is 32.0 Å². The number of nitrogens with zero attached hydrogens (tertiary/aromatic N) is 6. The number of amides is 4. The molecule has 786 valence electrons. The third kappa shape index (κ3) is 25.3. The molecule has 6 fully saturated rings. The molecule has 3 aliphatic heterocycles. The first kappa shape index (κ1) is 109. The lowest BCUT2D eigenvalue weighted by atomic mass is 9.42. The Morgan fingerprint density at radius 1 is 0.559 bits per heavy atom. The highest BCUT2D eigenvalue weighted by atomic mass is 32.2. The minimum absolute atomic E-state index is 0.00757. The second kappa shape index (κ2) is 47.2. The average Bonchev–Trinajstić information content (AvgIpc) is 1.54. The van der Waals surface area contributed by atoms with Crippen LogP contribution in [0.3, 0.4) is 0 Å².